The molecule has 92 valence electrons. The molecule has 0 aliphatic rings. The second-order valence-electron chi connectivity index (χ2n) is 5.40. The molecule has 0 amide bonds. The van der Waals surface area contributed by atoms with Crippen molar-refractivity contribution in [3.8, 4) is 0 Å². The molecule has 1 N–H and O–H groups in total. The van der Waals surface area contributed by atoms with Crippen molar-refractivity contribution in [2.75, 3.05) is 6.54 Å². The maximum absolute atomic E-state index is 3.64. The Hall–Kier alpha value is -0.0400. The standard InChI is InChI=1S/C14H31N/c1-7-9-15-13(6)14(11(3)4)10-12(5)8-2/h11-15H,7-10H2,1-6H3. The highest BCUT2D eigenvalue weighted by Gasteiger charge is 2.21. The van der Waals surface area contributed by atoms with E-state index in [0.717, 1.165) is 24.3 Å². The molecular formula is C14H31N. The summed E-state index contributed by atoms with van der Waals surface area (Å²) in [5.74, 6) is 2.48. The number of hydrogen-bond acceptors (Lipinski definition) is 1. The highest BCUT2D eigenvalue weighted by Crippen LogP contribution is 2.25. The number of rotatable bonds is 8. The smallest absolute Gasteiger partial charge is 0.00695 e. The van der Waals surface area contributed by atoms with Crippen molar-refractivity contribution in [2.24, 2.45) is 17.8 Å². The van der Waals surface area contributed by atoms with Crippen LogP contribution in [-0.4, -0.2) is 12.6 Å². The molecule has 15 heavy (non-hydrogen) atoms. The van der Waals surface area contributed by atoms with Crippen molar-refractivity contribution in [2.45, 2.75) is 66.8 Å². The summed E-state index contributed by atoms with van der Waals surface area (Å²) >= 11 is 0. The summed E-state index contributed by atoms with van der Waals surface area (Å²) in [6, 6.07) is 0.666. The fourth-order valence-electron chi connectivity index (χ4n) is 2.21. The summed E-state index contributed by atoms with van der Waals surface area (Å²) in [6.45, 7) is 15.1. The molecule has 0 saturated heterocycles. The molecule has 0 heterocycles. The Balaban J connectivity index is 4.12. The Morgan fingerprint density at radius 1 is 1.00 bits per heavy atom. The normalized spacial score (nSPS) is 17.8. The van der Waals surface area contributed by atoms with Crippen LogP contribution in [0.3, 0.4) is 0 Å². The molecule has 0 aliphatic carbocycles. The molecular weight excluding hydrogens is 182 g/mol. The minimum absolute atomic E-state index is 0.666. The van der Waals surface area contributed by atoms with Crippen LogP contribution in [0.2, 0.25) is 0 Å². The van der Waals surface area contributed by atoms with Crippen LogP contribution in [-0.2, 0) is 0 Å². The van der Waals surface area contributed by atoms with E-state index in [1.54, 1.807) is 0 Å². The molecule has 0 fully saturated rings. The third-order valence-electron chi connectivity index (χ3n) is 3.59. The van der Waals surface area contributed by atoms with E-state index in [4.69, 9.17) is 0 Å². The topological polar surface area (TPSA) is 12.0 Å². The van der Waals surface area contributed by atoms with Crippen molar-refractivity contribution in [1.82, 2.24) is 5.32 Å². The first-order valence-electron chi connectivity index (χ1n) is 6.76. The Kier molecular flexibility index (Phi) is 8.13. The summed E-state index contributed by atoms with van der Waals surface area (Å²) in [6.07, 6.45) is 3.91. The molecule has 0 rings (SSSR count). The molecule has 3 unspecified atom stereocenters. The Labute approximate surface area is 97.0 Å². The van der Waals surface area contributed by atoms with Gasteiger partial charge in [-0.05, 0) is 44.1 Å². The van der Waals surface area contributed by atoms with Crippen molar-refractivity contribution in [3.63, 3.8) is 0 Å². The van der Waals surface area contributed by atoms with E-state index in [1.807, 2.05) is 0 Å². The molecule has 1 nitrogen and oxygen atoms in total. The van der Waals surface area contributed by atoms with Crippen LogP contribution in [0.5, 0.6) is 0 Å². The summed E-state index contributed by atoms with van der Waals surface area (Å²) in [5.41, 5.74) is 0. The van der Waals surface area contributed by atoms with Gasteiger partial charge in [0.1, 0.15) is 0 Å². The first-order chi connectivity index (χ1) is 7.02. The fourth-order valence-corrected chi connectivity index (χ4v) is 2.21. The predicted molar refractivity (Wildman–Crippen MR) is 70.2 cm³/mol. The lowest BCUT2D eigenvalue weighted by molar-refractivity contribution is 0.238. The van der Waals surface area contributed by atoms with E-state index in [0.29, 0.717) is 6.04 Å². The molecule has 0 aromatic heterocycles. The SMILES string of the molecule is CCCNC(C)C(CC(C)CC)C(C)C. The molecule has 0 spiro atoms. The minimum atomic E-state index is 0.666. The van der Waals surface area contributed by atoms with Crippen LogP contribution >= 0.6 is 0 Å². The lowest BCUT2D eigenvalue weighted by Crippen LogP contribution is -2.37. The molecule has 0 aromatic rings. The van der Waals surface area contributed by atoms with Crippen LogP contribution in [0.25, 0.3) is 0 Å². The van der Waals surface area contributed by atoms with E-state index < -0.39 is 0 Å². The first-order valence-corrected chi connectivity index (χ1v) is 6.76. The lowest BCUT2D eigenvalue weighted by Gasteiger charge is -2.30. The second-order valence-corrected chi connectivity index (χ2v) is 5.40. The van der Waals surface area contributed by atoms with E-state index in [1.165, 1.54) is 19.3 Å². The molecule has 0 radical (unpaired) electrons. The van der Waals surface area contributed by atoms with E-state index >= 15 is 0 Å². The van der Waals surface area contributed by atoms with Crippen LogP contribution in [0.1, 0.15) is 60.8 Å². The van der Waals surface area contributed by atoms with Gasteiger partial charge in [0.2, 0.25) is 0 Å². The van der Waals surface area contributed by atoms with Gasteiger partial charge in [0.25, 0.3) is 0 Å². The zero-order valence-corrected chi connectivity index (χ0v) is 11.6. The summed E-state index contributed by atoms with van der Waals surface area (Å²) in [5, 5.41) is 3.64. The molecule has 0 aliphatic heterocycles. The number of hydrogen-bond donors (Lipinski definition) is 1. The average Bonchev–Trinajstić information content (AvgIpc) is 2.21. The van der Waals surface area contributed by atoms with Gasteiger partial charge in [-0.25, -0.2) is 0 Å². The van der Waals surface area contributed by atoms with Gasteiger partial charge >= 0.3 is 0 Å². The molecule has 0 bridgehead atoms. The summed E-state index contributed by atoms with van der Waals surface area (Å²) in [4.78, 5) is 0. The van der Waals surface area contributed by atoms with Gasteiger partial charge in [-0.3, -0.25) is 0 Å². The maximum atomic E-state index is 3.64. The van der Waals surface area contributed by atoms with Gasteiger partial charge < -0.3 is 5.32 Å². The Morgan fingerprint density at radius 3 is 2.00 bits per heavy atom. The molecule has 0 saturated carbocycles. The molecule has 1 heteroatoms. The van der Waals surface area contributed by atoms with Crippen LogP contribution in [0, 0.1) is 17.8 Å². The highest BCUT2D eigenvalue weighted by molar-refractivity contribution is 4.76. The third kappa shape index (κ3) is 6.19. The van der Waals surface area contributed by atoms with Crippen molar-refractivity contribution >= 4 is 0 Å². The van der Waals surface area contributed by atoms with Crippen LogP contribution < -0.4 is 5.32 Å². The predicted octanol–water partition coefficient (Wildman–Crippen LogP) is 4.08. The largest absolute Gasteiger partial charge is 0.314 e. The van der Waals surface area contributed by atoms with Gasteiger partial charge in [-0.2, -0.15) is 0 Å². The fraction of sp³-hybridized carbons (Fsp3) is 1.00. The monoisotopic (exact) mass is 213 g/mol. The Bertz CT molecular complexity index is 142. The van der Waals surface area contributed by atoms with Crippen molar-refractivity contribution in [1.29, 1.82) is 0 Å². The second kappa shape index (κ2) is 8.15. The van der Waals surface area contributed by atoms with E-state index in [-0.39, 0.29) is 0 Å². The average molecular weight is 213 g/mol. The molecule has 0 aromatic carbocycles. The quantitative estimate of drug-likeness (QED) is 0.640. The Morgan fingerprint density at radius 2 is 1.60 bits per heavy atom. The van der Waals surface area contributed by atoms with Gasteiger partial charge in [-0.1, -0.05) is 41.0 Å². The number of nitrogens with one attached hydrogen (secondary N) is 1. The lowest BCUT2D eigenvalue weighted by atomic mass is 9.81. The van der Waals surface area contributed by atoms with Crippen LogP contribution in [0.15, 0.2) is 0 Å². The zero-order chi connectivity index (χ0) is 11.8. The van der Waals surface area contributed by atoms with Gasteiger partial charge in [0.15, 0.2) is 0 Å². The van der Waals surface area contributed by atoms with Gasteiger partial charge in [0, 0.05) is 6.04 Å². The van der Waals surface area contributed by atoms with Gasteiger partial charge in [0.05, 0.1) is 0 Å². The van der Waals surface area contributed by atoms with Crippen molar-refractivity contribution < 1.29 is 0 Å². The van der Waals surface area contributed by atoms with Gasteiger partial charge in [-0.15, -0.1) is 0 Å². The van der Waals surface area contributed by atoms with Crippen molar-refractivity contribution in [3.05, 3.63) is 0 Å². The summed E-state index contributed by atoms with van der Waals surface area (Å²) in [7, 11) is 0. The minimum Gasteiger partial charge on any atom is -0.314 e. The zero-order valence-electron chi connectivity index (χ0n) is 11.6. The van der Waals surface area contributed by atoms with Crippen LogP contribution in [0.4, 0.5) is 0 Å². The summed E-state index contributed by atoms with van der Waals surface area (Å²) < 4.78 is 0. The maximum Gasteiger partial charge on any atom is 0.00695 e. The van der Waals surface area contributed by atoms with E-state index in [9.17, 15) is 0 Å². The van der Waals surface area contributed by atoms with E-state index in [2.05, 4.69) is 46.9 Å². The highest BCUT2D eigenvalue weighted by atomic mass is 14.9. The third-order valence-corrected chi connectivity index (χ3v) is 3.59. The molecule has 3 atom stereocenters. The first kappa shape index (κ1) is 15.0.